The molecule has 0 radical (unpaired) electrons. The number of methoxy groups -OCH3 is 1. The van der Waals surface area contributed by atoms with Gasteiger partial charge >= 0.3 is 0 Å². The Morgan fingerprint density at radius 3 is 2.56 bits per heavy atom. The quantitative estimate of drug-likeness (QED) is 0.806. The van der Waals surface area contributed by atoms with Gasteiger partial charge in [0.1, 0.15) is 11.6 Å². The molecule has 0 aromatic heterocycles. The maximum atomic E-state index is 13.7. The first-order chi connectivity index (χ1) is 8.63. The molecule has 0 atom stereocenters. The second-order valence-corrected chi connectivity index (χ2v) is 4.57. The number of ether oxygens (including phenoxy) is 1. The summed E-state index contributed by atoms with van der Waals surface area (Å²) in [4.78, 5) is 12.2. The average Bonchev–Trinajstić information content (AvgIpc) is 2.38. The van der Waals surface area contributed by atoms with Crippen LogP contribution in [0.25, 0.3) is 0 Å². The number of hydrogen-bond acceptors (Lipinski definition) is 2. The molecule has 0 aliphatic rings. The molecular weight excluding hydrogens is 299 g/mol. The van der Waals surface area contributed by atoms with Crippen molar-refractivity contribution in [3.8, 4) is 5.75 Å². The van der Waals surface area contributed by atoms with Gasteiger partial charge in [-0.05, 0) is 30.3 Å². The molecule has 0 fully saturated rings. The van der Waals surface area contributed by atoms with E-state index in [0.29, 0.717) is 15.8 Å². The monoisotopic (exact) mass is 308 g/mol. The van der Waals surface area contributed by atoms with Crippen LogP contribution in [0.2, 0.25) is 0 Å². The van der Waals surface area contributed by atoms with E-state index in [9.17, 15) is 9.18 Å². The standard InChI is InChI=1S/C14H10BrFO2/c1-18-13-5-3-2-4-11(13)14(17)10-7-6-9(15)8-12(10)16/h2-8H,1H3. The maximum Gasteiger partial charge on any atom is 0.199 e. The molecule has 0 aliphatic carbocycles. The van der Waals surface area contributed by atoms with Crippen molar-refractivity contribution < 1.29 is 13.9 Å². The van der Waals surface area contributed by atoms with Gasteiger partial charge < -0.3 is 4.74 Å². The molecule has 0 heterocycles. The first-order valence-electron chi connectivity index (χ1n) is 5.26. The number of hydrogen-bond donors (Lipinski definition) is 0. The summed E-state index contributed by atoms with van der Waals surface area (Å²) >= 11 is 3.15. The van der Waals surface area contributed by atoms with Crippen LogP contribution in [-0.2, 0) is 0 Å². The van der Waals surface area contributed by atoms with Gasteiger partial charge in [-0.1, -0.05) is 28.1 Å². The van der Waals surface area contributed by atoms with Gasteiger partial charge in [-0.25, -0.2) is 4.39 Å². The first kappa shape index (κ1) is 12.8. The average molecular weight is 309 g/mol. The highest BCUT2D eigenvalue weighted by Crippen LogP contribution is 2.23. The summed E-state index contributed by atoms with van der Waals surface area (Å²) in [5, 5.41) is 0. The van der Waals surface area contributed by atoms with Crippen molar-refractivity contribution in [1.82, 2.24) is 0 Å². The molecule has 2 aromatic rings. The Labute approximate surface area is 113 Å². The van der Waals surface area contributed by atoms with Crippen molar-refractivity contribution in [1.29, 1.82) is 0 Å². The van der Waals surface area contributed by atoms with Crippen LogP contribution < -0.4 is 4.74 Å². The first-order valence-corrected chi connectivity index (χ1v) is 6.05. The van der Waals surface area contributed by atoms with Gasteiger partial charge in [-0.2, -0.15) is 0 Å². The van der Waals surface area contributed by atoms with Crippen molar-refractivity contribution in [3.63, 3.8) is 0 Å². The molecule has 4 heteroatoms. The zero-order valence-corrected chi connectivity index (χ0v) is 11.2. The lowest BCUT2D eigenvalue weighted by atomic mass is 10.0. The van der Waals surface area contributed by atoms with Crippen molar-refractivity contribution in [2.45, 2.75) is 0 Å². The van der Waals surface area contributed by atoms with Crippen LogP contribution >= 0.6 is 15.9 Å². The highest BCUT2D eigenvalue weighted by molar-refractivity contribution is 9.10. The number of para-hydroxylation sites is 1. The molecule has 2 rings (SSSR count). The third-order valence-electron chi connectivity index (χ3n) is 2.53. The molecule has 0 unspecified atom stereocenters. The Balaban J connectivity index is 2.48. The van der Waals surface area contributed by atoms with Gasteiger partial charge in [0, 0.05) is 4.47 Å². The van der Waals surface area contributed by atoms with E-state index in [1.54, 1.807) is 30.3 Å². The van der Waals surface area contributed by atoms with Crippen molar-refractivity contribution in [3.05, 3.63) is 63.9 Å². The molecule has 0 saturated carbocycles. The largest absolute Gasteiger partial charge is 0.496 e. The van der Waals surface area contributed by atoms with Crippen LogP contribution in [0.4, 0.5) is 4.39 Å². The fourth-order valence-electron chi connectivity index (χ4n) is 1.65. The van der Waals surface area contributed by atoms with Crippen LogP contribution in [0, 0.1) is 5.82 Å². The molecular formula is C14H10BrFO2. The third kappa shape index (κ3) is 2.43. The van der Waals surface area contributed by atoms with Crippen LogP contribution in [0.1, 0.15) is 15.9 Å². The van der Waals surface area contributed by atoms with E-state index < -0.39 is 11.6 Å². The van der Waals surface area contributed by atoms with Crippen LogP contribution in [0.3, 0.4) is 0 Å². The smallest absolute Gasteiger partial charge is 0.199 e. The third-order valence-corrected chi connectivity index (χ3v) is 3.02. The van der Waals surface area contributed by atoms with Gasteiger partial charge in [-0.15, -0.1) is 0 Å². The summed E-state index contributed by atoms with van der Waals surface area (Å²) in [5.74, 6) is -0.512. The summed E-state index contributed by atoms with van der Waals surface area (Å²) in [7, 11) is 1.48. The fourth-order valence-corrected chi connectivity index (χ4v) is 1.98. The molecule has 18 heavy (non-hydrogen) atoms. The Morgan fingerprint density at radius 2 is 1.89 bits per heavy atom. The van der Waals surface area contributed by atoms with Crippen LogP contribution in [-0.4, -0.2) is 12.9 Å². The van der Waals surface area contributed by atoms with Gasteiger partial charge in [0.05, 0.1) is 18.2 Å². The predicted octanol–water partition coefficient (Wildman–Crippen LogP) is 3.83. The van der Waals surface area contributed by atoms with E-state index in [1.165, 1.54) is 19.2 Å². The summed E-state index contributed by atoms with van der Waals surface area (Å²) in [6.07, 6.45) is 0. The Bertz CT molecular complexity index is 596. The number of carbonyl (C=O) groups excluding carboxylic acids is 1. The minimum absolute atomic E-state index is 0.0303. The molecule has 0 N–H and O–H groups in total. The minimum atomic E-state index is -0.555. The van der Waals surface area contributed by atoms with Crippen molar-refractivity contribution >= 4 is 21.7 Å². The van der Waals surface area contributed by atoms with Gasteiger partial charge in [0.25, 0.3) is 0 Å². The van der Waals surface area contributed by atoms with E-state index in [-0.39, 0.29) is 5.56 Å². The summed E-state index contributed by atoms with van der Waals surface area (Å²) in [6.45, 7) is 0. The predicted molar refractivity (Wildman–Crippen MR) is 70.5 cm³/mol. The summed E-state index contributed by atoms with van der Waals surface area (Å²) in [5.41, 5.74) is 0.379. The SMILES string of the molecule is COc1ccccc1C(=O)c1ccc(Br)cc1F. The minimum Gasteiger partial charge on any atom is -0.496 e. The molecule has 0 bridgehead atoms. The Morgan fingerprint density at radius 1 is 1.17 bits per heavy atom. The molecule has 0 saturated heterocycles. The van der Waals surface area contributed by atoms with E-state index in [4.69, 9.17) is 4.74 Å². The second kappa shape index (κ2) is 5.31. The Hall–Kier alpha value is -1.68. The van der Waals surface area contributed by atoms with E-state index >= 15 is 0 Å². The molecule has 0 aliphatic heterocycles. The summed E-state index contributed by atoms with van der Waals surface area (Å²) in [6, 6.07) is 11.1. The number of halogens is 2. The molecule has 92 valence electrons. The number of carbonyl (C=O) groups is 1. The number of benzene rings is 2. The van der Waals surface area contributed by atoms with Gasteiger partial charge in [-0.3, -0.25) is 4.79 Å². The van der Waals surface area contributed by atoms with Crippen LogP contribution in [0.15, 0.2) is 46.9 Å². The lowest BCUT2D eigenvalue weighted by Crippen LogP contribution is -2.06. The maximum absolute atomic E-state index is 13.7. The van der Waals surface area contributed by atoms with Crippen LogP contribution in [0.5, 0.6) is 5.75 Å². The zero-order chi connectivity index (χ0) is 13.1. The molecule has 2 nitrogen and oxygen atoms in total. The molecule has 0 spiro atoms. The Kier molecular flexibility index (Phi) is 3.77. The van der Waals surface area contributed by atoms with E-state index in [1.807, 2.05) is 0 Å². The highest BCUT2D eigenvalue weighted by Gasteiger charge is 2.17. The van der Waals surface area contributed by atoms with Crippen molar-refractivity contribution in [2.24, 2.45) is 0 Å². The zero-order valence-electron chi connectivity index (χ0n) is 9.61. The fraction of sp³-hybridized carbons (Fsp3) is 0.0714. The highest BCUT2D eigenvalue weighted by atomic mass is 79.9. The lowest BCUT2D eigenvalue weighted by molar-refractivity contribution is 0.103. The lowest BCUT2D eigenvalue weighted by Gasteiger charge is -2.08. The second-order valence-electron chi connectivity index (χ2n) is 3.65. The number of rotatable bonds is 3. The molecule has 2 aromatic carbocycles. The number of ketones is 1. The van der Waals surface area contributed by atoms with Gasteiger partial charge in [0.15, 0.2) is 5.78 Å². The normalized spacial score (nSPS) is 10.2. The topological polar surface area (TPSA) is 26.3 Å². The van der Waals surface area contributed by atoms with E-state index in [2.05, 4.69) is 15.9 Å². The van der Waals surface area contributed by atoms with Gasteiger partial charge in [0.2, 0.25) is 0 Å². The van der Waals surface area contributed by atoms with E-state index in [0.717, 1.165) is 0 Å². The summed E-state index contributed by atoms with van der Waals surface area (Å²) < 4.78 is 19.4. The van der Waals surface area contributed by atoms with Crippen molar-refractivity contribution in [2.75, 3.05) is 7.11 Å². The molecule has 0 amide bonds.